The number of alkyl halides is 3. The molecule has 2 aromatic carbocycles. The number of nitrogens with one attached hydrogen (secondary N) is 1. The van der Waals surface area contributed by atoms with Gasteiger partial charge < -0.3 is 19.9 Å². The van der Waals surface area contributed by atoms with Gasteiger partial charge in [0.05, 0.1) is 29.3 Å². The lowest BCUT2D eigenvalue weighted by molar-refractivity contribution is -0.137. The maximum atomic E-state index is 15.6. The van der Waals surface area contributed by atoms with Crippen LogP contribution in [0.15, 0.2) is 54.7 Å². The Morgan fingerprint density at radius 2 is 1.88 bits per heavy atom. The van der Waals surface area contributed by atoms with E-state index >= 15 is 4.39 Å². The molecule has 0 saturated carbocycles. The third kappa shape index (κ3) is 6.28. The molecule has 1 aliphatic rings. The third-order valence-corrected chi connectivity index (χ3v) is 7.44. The van der Waals surface area contributed by atoms with Crippen LogP contribution in [-0.2, 0) is 16.4 Å². The van der Waals surface area contributed by atoms with Crippen molar-refractivity contribution in [3.8, 4) is 23.1 Å². The first-order valence-corrected chi connectivity index (χ1v) is 13.1. The summed E-state index contributed by atoms with van der Waals surface area (Å²) in [6, 6.07) is 13.2. The Balaban J connectivity index is 1.67. The molecule has 0 radical (unpaired) electrons. The smallest absolute Gasteiger partial charge is 0.416 e. The molecular formula is C30H31F4N5O2. The number of anilines is 1. The standard InChI is InChI=1S/C30H31F4N5O2/c1-38(2)15-12-36-28(40)29(22-17-24(31)27(37-19-22)23-6-4-5-7-26(23)41-3)10-13-39(14-11-29)25-9-8-21(30(32,33)34)16-20(25)18-35/h4-9,16-17,19H,10-15H2,1-3H3,(H,36,40). The van der Waals surface area contributed by atoms with E-state index in [0.29, 0.717) is 35.7 Å². The van der Waals surface area contributed by atoms with Crippen molar-refractivity contribution in [3.05, 3.63) is 77.2 Å². The lowest BCUT2D eigenvalue weighted by atomic mass is 9.72. The molecule has 1 N–H and O–H groups in total. The van der Waals surface area contributed by atoms with Crippen molar-refractivity contribution >= 4 is 11.6 Å². The molecule has 2 heterocycles. The first-order valence-electron chi connectivity index (χ1n) is 13.1. The second-order valence-corrected chi connectivity index (χ2v) is 10.2. The summed E-state index contributed by atoms with van der Waals surface area (Å²) < 4.78 is 60.6. The topological polar surface area (TPSA) is 81.5 Å². The van der Waals surface area contributed by atoms with Crippen molar-refractivity contribution in [2.45, 2.75) is 24.4 Å². The van der Waals surface area contributed by atoms with Crippen LogP contribution in [0, 0.1) is 17.1 Å². The summed E-state index contributed by atoms with van der Waals surface area (Å²) in [5.41, 5.74) is -0.798. The van der Waals surface area contributed by atoms with Gasteiger partial charge in [-0.1, -0.05) is 12.1 Å². The third-order valence-electron chi connectivity index (χ3n) is 7.44. The zero-order valence-electron chi connectivity index (χ0n) is 23.1. The molecule has 1 aliphatic heterocycles. The summed E-state index contributed by atoms with van der Waals surface area (Å²) in [6.45, 7) is 1.50. The van der Waals surface area contributed by atoms with Crippen molar-refractivity contribution in [2.24, 2.45) is 0 Å². The summed E-state index contributed by atoms with van der Waals surface area (Å²) in [5.74, 6) is -0.427. The molecule has 4 rings (SSSR count). The minimum absolute atomic E-state index is 0.0928. The molecule has 0 bridgehead atoms. The Morgan fingerprint density at radius 1 is 1.17 bits per heavy atom. The average Bonchev–Trinajstić information content (AvgIpc) is 2.96. The number of nitrogens with zero attached hydrogens (tertiary/aromatic N) is 4. The van der Waals surface area contributed by atoms with E-state index in [1.165, 1.54) is 25.4 Å². The Morgan fingerprint density at radius 3 is 2.49 bits per heavy atom. The van der Waals surface area contributed by atoms with Crippen LogP contribution in [0.4, 0.5) is 23.2 Å². The van der Waals surface area contributed by atoms with Crippen molar-refractivity contribution in [1.29, 1.82) is 5.26 Å². The van der Waals surface area contributed by atoms with Gasteiger partial charge in [0, 0.05) is 37.9 Å². The normalized spacial score (nSPS) is 15.0. The SMILES string of the molecule is COc1ccccc1-c1ncc(C2(C(=O)NCCN(C)C)CCN(c3ccc(C(F)(F)F)cc3C#N)CC2)cc1F. The van der Waals surface area contributed by atoms with Crippen molar-refractivity contribution < 1.29 is 27.1 Å². The average molecular weight is 570 g/mol. The largest absolute Gasteiger partial charge is 0.496 e. The van der Waals surface area contributed by atoms with Crippen LogP contribution < -0.4 is 15.0 Å². The second kappa shape index (κ2) is 12.1. The van der Waals surface area contributed by atoms with Gasteiger partial charge in [-0.3, -0.25) is 9.78 Å². The Bertz CT molecular complexity index is 1440. The Kier molecular flexibility index (Phi) is 8.83. The van der Waals surface area contributed by atoms with Gasteiger partial charge in [-0.15, -0.1) is 0 Å². The number of para-hydroxylation sites is 1. The number of benzene rings is 2. The molecule has 1 aromatic heterocycles. The first-order chi connectivity index (χ1) is 19.5. The first kappa shape index (κ1) is 29.8. The predicted molar refractivity (Wildman–Crippen MR) is 147 cm³/mol. The zero-order chi connectivity index (χ0) is 29.8. The molecule has 1 amide bonds. The van der Waals surface area contributed by atoms with Crippen molar-refractivity contribution in [2.75, 3.05) is 52.3 Å². The fourth-order valence-electron chi connectivity index (χ4n) is 5.15. The van der Waals surface area contributed by atoms with E-state index in [1.807, 2.05) is 25.1 Å². The number of hydrogen-bond donors (Lipinski definition) is 1. The maximum Gasteiger partial charge on any atom is 0.416 e. The molecule has 41 heavy (non-hydrogen) atoms. The number of ether oxygens (including phenoxy) is 1. The highest BCUT2D eigenvalue weighted by molar-refractivity contribution is 5.89. The number of halogens is 4. The highest BCUT2D eigenvalue weighted by Gasteiger charge is 2.44. The number of amides is 1. The summed E-state index contributed by atoms with van der Waals surface area (Å²) in [6.07, 6.45) is -2.59. The molecule has 216 valence electrons. The van der Waals surface area contributed by atoms with Gasteiger partial charge in [0.2, 0.25) is 5.91 Å². The van der Waals surface area contributed by atoms with Crippen LogP contribution in [0.1, 0.15) is 29.5 Å². The fourth-order valence-corrected chi connectivity index (χ4v) is 5.15. The molecule has 1 fully saturated rings. The number of likely N-dealkylation sites (N-methyl/N-ethyl adjacent to an activating group) is 1. The van der Waals surface area contributed by atoms with Gasteiger partial charge >= 0.3 is 6.18 Å². The number of carbonyl (C=O) groups excluding carboxylic acids is 1. The number of hydrogen-bond acceptors (Lipinski definition) is 6. The van der Waals surface area contributed by atoms with Crippen LogP contribution in [0.25, 0.3) is 11.3 Å². The van der Waals surface area contributed by atoms with Crippen LogP contribution >= 0.6 is 0 Å². The molecule has 3 aromatic rings. The number of carbonyl (C=O) groups is 1. The van der Waals surface area contributed by atoms with E-state index in [0.717, 1.165) is 12.1 Å². The maximum absolute atomic E-state index is 15.6. The minimum atomic E-state index is -4.57. The second-order valence-electron chi connectivity index (χ2n) is 10.2. The molecule has 0 unspecified atom stereocenters. The van der Waals surface area contributed by atoms with Gasteiger partial charge in [0.15, 0.2) is 0 Å². The highest BCUT2D eigenvalue weighted by atomic mass is 19.4. The van der Waals surface area contributed by atoms with E-state index < -0.39 is 23.0 Å². The van der Waals surface area contributed by atoms with Gasteiger partial charge in [-0.05, 0) is 68.9 Å². The van der Waals surface area contributed by atoms with E-state index in [4.69, 9.17) is 4.74 Å². The zero-order valence-corrected chi connectivity index (χ0v) is 23.1. The predicted octanol–water partition coefficient (Wildman–Crippen LogP) is 5.00. The van der Waals surface area contributed by atoms with Crippen LogP contribution in [-0.4, -0.2) is 63.2 Å². The summed E-state index contributed by atoms with van der Waals surface area (Å²) in [4.78, 5) is 21.8. The van der Waals surface area contributed by atoms with Crippen molar-refractivity contribution in [3.63, 3.8) is 0 Å². The quantitative estimate of drug-likeness (QED) is 0.385. The summed E-state index contributed by atoms with van der Waals surface area (Å²) in [5, 5.41) is 12.5. The minimum Gasteiger partial charge on any atom is -0.496 e. The molecular weight excluding hydrogens is 538 g/mol. The van der Waals surface area contributed by atoms with Gasteiger partial charge in [0.25, 0.3) is 0 Å². The highest BCUT2D eigenvalue weighted by Crippen LogP contribution is 2.40. The molecule has 0 spiro atoms. The molecule has 1 saturated heterocycles. The summed E-state index contributed by atoms with van der Waals surface area (Å²) >= 11 is 0. The van der Waals surface area contributed by atoms with E-state index in [-0.39, 0.29) is 43.1 Å². The van der Waals surface area contributed by atoms with Crippen LogP contribution in [0.5, 0.6) is 5.75 Å². The van der Waals surface area contributed by atoms with Gasteiger partial charge in [0.1, 0.15) is 23.3 Å². The number of methoxy groups -OCH3 is 1. The van der Waals surface area contributed by atoms with E-state index in [2.05, 4.69) is 10.3 Å². The lowest BCUT2D eigenvalue weighted by Crippen LogP contribution is -2.52. The fraction of sp³-hybridized carbons (Fsp3) is 0.367. The Hall–Kier alpha value is -4.17. The number of pyridine rings is 1. The van der Waals surface area contributed by atoms with E-state index in [1.54, 1.807) is 29.2 Å². The summed E-state index contributed by atoms with van der Waals surface area (Å²) in [7, 11) is 5.25. The van der Waals surface area contributed by atoms with Crippen LogP contribution in [0.2, 0.25) is 0 Å². The molecule has 7 nitrogen and oxygen atoms in total. The van der Waals surface area contributed by atoms with Crippen LogP contribution in [0.3, 0.4) is 0 Å². The number of rotatable bonds is 8. The molecule has 0 aliphatic carbocycles. The molecule has 11 heteroatoms. The number of piperidine rings is 1. The number of nitriles is 1. The van der Waals surface area contributed by atoms with E-state index in [9.17, 15) is 23.2 Å². The number of aromatic nitrogens is 1. The molecule has 0 atom stereocenters. The Labute approximate surface area is 236 Å². The van der Waals surface area contributed by atoms with Gasteiger partial charge in [-0.25, -0.2) is 4.39 Å². The lowest BCUT2D eigenvalue weighted by Gasteiger charge is -2.42. The van der Waals surface area contributed by atoms with Gasteiger partial charge in [-0.2, -0.15) is 18.4 Å². The van der Waals surface area contributed by atoms with Crippen molar-refractivity contribution in [1.82, 2.24) is 15.2 Å². The monoisotopic (exact) mass is 569 g/mol.